The number of carbonyl (C=O) groups excluding carboxylic acids is 1. The largest absolute Gasteiger partial charge is 0.347 e. The van der Waals surface area contributed by atoms with E-state index in [1.54, 1.807) is 17.6 Å². The molecule has 9 heteroatoms. The van der Waals surface area contributed by atoms with Gasteiger partial charge < -0.3 is 9.84 Å². The Morgan fingerprint density at radius 2 is 2.20 bits per heavy atom. The standard InChI is InChI=1S/C16H21N5O3S/c1-9-18-12(24-20-9)6-17-14(23)10-7-21-13(22)5-11(16(2,3)4)19-15(21)25-8-10/h5,10H,6-8H2,1-4H3,(H,17,23). The second-order valence-corrected chi connectivity index (χ2v) is 8.07. The molecule has 0 aromatic carbocycles. The van der Waals surface area contributed by atoms with Gasteiger partial charge in [-0.25, -0.2) is 4.98 Å². The molecular weight excluding hydrogens is 342 g/mol. The van der Waals surface area contributed by atoms with Crippen LogP contribution in [0.3, 0.4) is 0 Å². The topological polar surface area (TPSA) is 103 Å². The van der Waals surface area contributed by atoms with Gasteiger partial charge in [-0.05, 0) is 6.92 Å². The smallest absolute Gasteiger partial charge is 0.254 e. The van der Waals surface area contributed by atoms with Gasteiger partial charge >= 0.3 is 0 Å². The molecule has 0 saturated heterocycles. The minimum absolute atomic E-state index is 0.118. The van der Waals surface area contributed by atoms with Crippen LogP contribution in [0.5, 0.6) is 0 Å². The zero-order valence-corrected chi connectivity index (χ0v) is 15.5. The number of amides is 1. The van der Waals surface area contributed by atoms with Crippen LogP contribution in [0.15, 0.2) is 20.5 Å². The number of rotatable bonds is 3. The van der Waals surface area contributed by atoms with Gasteiger partial charge in [0.05, 0.1) is 18.2 Å². The molecule has 2 aromatic heterocycles. The van der Waals surface area contributed by atoms with Crippen LogP contribution in [0.1, 0.15) is 38.2 Å². The van der Waals surface area contributed by atoms with Crippen molar-refractivity contribution in [1.29, 1.82) is 0 Å². The third kappa shape index (κ3) is 3.92. The van der Waals surface area contributed by atoms with Crippen LogP contribution < -0.4 is 10.9 Å². The molecule has 1 aliphatic rings. The van der Waals surface area contributed by atoms with Crippen molar-refractivity contribution in [3.8, 4) is 0 Å². The molecule has 1 unspecified atom stereocenters. The Morgan fingerprint density at radius 1 is 1.44 bits per heavy atom. The van der Waals surface area contributed by atoms with Crippen molar-refractivity contribution in [2.45, 2.75) is 51.4 Å². The molecule has 0 spiro atoms. The lowest BCUT2D eigenvalue weighted by atomic mass is 9.92. The first kappa shape index (κ1) is 17.7. The molecule has 1 amide bonds. The van der Waals surface area contributed by atoms with E-state index in [1.165, 1.54) is 11.8 Å². The molecule has 0 fully saturated rings. The molecule has 1 atom stereocenters. The van der Waals surface area contributed by atoms with Crippen molar-refractivity contribution in [3.63, 3.8) is 0 Å². The van der Waals surface area contributed by atoms with Gasteiger partial charge in [0, 0.05) is 23.8 Å². The van der Waals surface area contributed by atoms with Gasteiger partial charge in [0.25, 0.3) is 5.56 Å². The number of carbonyl (C=O) groups is 1. The predicted octanol–water partition coefficient (Wildman–Crippen LogP) is 1.27. The number of hydrogen-bond donors (Lipinski definition) is 1. The first-order valence-corrected chi connectivity index (χ1v) is 9.04. The zero-order valence-electron chi connectivity index (χ0n) is 14.7. The highest BCUT2D eigenvalue weighted by molar-refractivity contribution is 7.99. The van der Waals surface area contributed by atoms with Crippen LogP contribution in [0.2, 0.25) is 0 Å². The molecule has 3 rings (SSSR count). The van der Waals surface area contributed by atoms with Gasteiger partial charge in [-0.2, -0.15) is 4.98 Å². The fraction of sp³-hybridized carbons (Fsp3) is 0.562. The van der Waals surface area contributed by atoms with E-state index in [0.29, 0.717) is 29.2 Å². The van der Waals surface area contributed by atoms with Crippen LogP contribution in [0, 0.1) is 12.8 Å². The van der Waals surface area contributed by atoms with Crippen molar-refractivity contribution in [2.75, 3.05) is 5.75 Å². The van der Waals surface area contributed by atoms with Crippen molar-refractivity contribution >= 4 is 17.7 Å². The predicted molar refractivity (Wildman–Crippen MR) is 92.3 cm³/mol. The summed E-state index contributed by atoms with van der Waals surface area (Å²) in [6.45, 7) is 8.30. The highest BCUT2D eigenvalue weighted by atomic mass is 32.2. The van der Waals surface area contributed by atoms with E-state index in [-0.39, 0.29) is 29.3 Å². The number of hydrogen-bond acceptors (Lipinski definition) is 7. The summed E-state index contributed by atoms with van der Waals surface area (Å²) in [5.41, 5.74) is 0.463. The molecule has 0 bridgehead atoms. The summed E-state index contributed by atoms with van der Waals surface area (Å²) >= 11 is 1.43. The molecule has 1 N–H and O–H groups in total. The Balaban J connectivity index is 1.70. The SMILES string of the molecule is Cc1noc(CNC(=O)C2CSc3nc(C(C)(C)C)cc(=O)n3C2)n1. The lowest BCUT2D eigenvalue weighted by Gasteiger charge is -2.26. The van der Waals surface area contributed by atoms with Crippen LogP contribution in [-0.2, 0) is 23.3 Å². The molecule has 1 aliphatic heterocycles. The summed E-state index contributed by atoms with van der Waals surface area (Å²) in [6.07, 6.45) is 0. The first-order chi connectivity index (χ1) is 11.7. The van der Waals surface area contributed by atoms with Crippen molar-refractivity contribution in [1.82, 2.24) is 25.0 Å². The molecule has 134 valence electrons. The van der Waals surface area contributed by atoms with Gasteiger partial charge in [-0.15, -0.1) is 0 Å². The van der Waals surface area contributed by atoms with E-state index in [1.807, 2.05) is 20.8 Å². The maximum Gasteiger partial charge on any atom is 0.254 e. The van der Waals surface area contributed by atoms with Crippen molar-refractivity contribution in [2.24, 2.45) is 5.92 Å². The lowest BCUT2D eigenvalue weighted by molar-refractivity contribution is -0.125. The molecule has 0 radical (unpaired) electrons. The number of fused-ring (bicyclic) bond motifs is 1. The molecular formula is C16H21N5O3S. The molecule has 0 aliphatic carbocycles. The van der Waals surface area contributed by atoms with Gasteiger partial charge in [-0.1, -0.05) is 37.7 Å². The van der Waals surface area contributed by atoms with Gasteiger partial charge in [-0.3, -0.25) is 14.2 Å². The van der Waals surface area contributed by atoms with E-state index in [0.717, 1.165) is 5.69 Å². The normalized spacial score (nSPS) is 17.2. The summed E-state index contributed by atoms with van der Waals surface area (Å²) in [7, 11) is 0. The molecule has 8 nitrogen and oxygen atoms in total. The third-order valence-corrected chi connectivity index (χ3v) is 5.05. The minimum atomic E-state index is -0.304. The first-order valence-electron chi connectivity index (χ1n) is 8.06. The number of thioether (sulfide) groups is 1. The maximum atomic E-state index is 12.4. The van der Waals surface area contributed by atoms with E-state index in [9.17, 15) is 9.59 Å². The van der Waals surface area contributed by atoms with E-state index >= 15 is 0 Å². The Bertz CT molecular complexity index is 852. The fourth-order valence-electron chi connectivity index (χ4n) is 2.47. The molecule has 0 saturated carbocycles. The third-order valence-electron chi connectivity index (χ3n) is 3.91. The maximum absolute atomic E-state index is 12.4. The second kappa shape index (κ2) is 6.62. The average molecular weight is 363 g/mol. The summed E-state index contributed by atoms with van der Waals surface area (Å²) in [5.74, 6) is 1.03. The molecule has 2 aromatic rings. The monoisotopic (exact) mass is 363 g/mol. The number of nitrogens with zero attached hydrogens (tertiary/aromatic N) is 4. The van der Waals surface area contributed by atoms with E-state index < -0.39 is 0 Å². The van der Waals surface area contributed by atoms with E-state index in [4.69, 9.17) is 4.52 Å². The van der Waals surface area contributed by atoms with Gasteiger partial charge in [0.1, 0.15) is 0 Å². The zero-order chi connectivity index (χ0) is 18.2. The quantitative estimate of drug-likeness (QED) is 0.819. The van der Waals surface area contributed by atoms with Crippen LogP contribution in [0.25, 0.3) is 0 Å². The fourth-order valence-corrected chi connectivity index (χ4v) is 3.56. The minimum Gasteiger partial charge on any atom is -0.347 e. The number of aromatic nitrogens is 4. The summed E-state index contributed by atoms with van der Waals surface area (Å²) in [6, 6.07) is 1.56. The van der Waals surface area contributed by atoms with Crippen molar-refractivity contribution < 1.29 is 9.32 Å². The molecule has 3 heterocycles. The summed E-state index contributed by atoms with van der Waals surface area (Å²) in [4.78, 5) is 33.4. The lowest BCUT2D eigenvalue weighted by Crippen LogP contribution is -2.40. The average Bonchev–Trinajstić information content (AvgIpc) is 2.97. The number of aryl methyl sites for hydroxylation is 1. The van der Waals surface area contributed by atoms with Crippen LogP contribution in [-0.4, -0.2) is 31.4 Å². The Morgan fingerprint density at radius 3 is 2.84 bits per heavy atom. The number of nitrogens with one attached hydrogen (secondary N) is 1. The Labute approximate surface area is 149 Å². The Hall–Kier alpha value is -2.16. The highest BCUT2D eigenvalue weighted by Gasteiger charge is 2.28. The van der Waals surface area contributed by atoms with Gasteiger partial charge in [0.15, 0.2) is 11.0 Å². The van der Waals surface area contributed by atoms with Crippen LogP contribution in [0.4, 0.5) is 0 Å². The molecule has 25 heavy (non-hydrogen) atoms. The second-order valence-electron chi connectivity index (χ2n) is 7.08. The van der Waals surface area contributed by atoms with Crippen LogP contribution >= 0.6 is 11.8 Å². The highest BCUT2D eigenvalue weighted by Crippen LogP contribution is 2.28. The van der Waals surface area contributed by atoms with Crippen molar-refractivity contribution in [3.05, 3.63) is 33.8 Å². The van der Waals surface area contributed by atoms with Gasteiger partial charge in [0.2, 0.25) is 11.8 Å². The summed E-state index contributed by atoms with van der Waals surface area (Å²) in [5, 5.41) is 7.14. The Kier molecular flexibility index (Phi) is 4.68. The van der Waals surface area contributed by atoms with E-state index in [2.05, 4.69) is 20.4 Å². The summed E-state index contributed by atoms with van der Waals surface area (Å²) < 4.78 is 6.55.